The first-order valence-electron chi connectivity index (χ1n) is 6.85. The average molecular weight is 303 g/mol. The zero-order valence-corrected chi connectivity index (χ0v) is 12.1. The largest absolute Gasteiger partial charge is 0.480 e. The van der Waals surface area contributed by atoms with E-state index in [9.17, 15) is 9.90 Å². The average Bonchev–Trinajstić information content (AvgIpc) is 2.66. The molecule has 1 saturated heterocycles. The smallest absolute Gasteiger partial charge is 0.320 e. The van der Waals surface area contributed by atoms with Crippen LogP contribution < -0.4 is 5.73 Å². The summed E-state index contributed by atoms with van der Waals surface area (Å²) in [5.74, 6) is 1.37. The quantitative estimate of drug-likeness (QED) is 0.609. The van der Waals surface area contributed by atoms with Crippen molar-refractivity contribution in [1.29, 1.82) is 0 Å². The van der Waals surface area contributed by atoms with Gasteiger partial charge in [0.15, 0.2) is 0 Å². The van der Waals surface area contributed by atoms with Crippen molar-refractivity contribution < 1.29 is 19.8 Å². The zero-order valence-electron chi connectivity index (χ0n) is 11.3. The molecule has 2 heterocycles. The van der Waals surface area contributed by atoms with Crippen molar-refractivity contribution in [3.63, 3.8) is 0 Å². The molecule has 114 valence electrons. The van der Waals surface area contributed by atoms with Crippen molar-refractivity contribution in [3.05, 3.63) is 0 Å². The van der Waals surface area contributed by atoms with Crippen LogP contribution in [0.4, 0.5) is 0 Å². The molecule has 0 saturated carbocycles. The summed E-state index contributed by atoms with van der Waals surface area (Å²) in [6, 6.07) is -0.616. The summed E-state index contributed by atoms with van der Waals surface area (Å²) in [6.07, 6.45) is 3.44. The summed E-state index contributed by atoms with van der Waals surface area (Å²) in [7, 11) is 0. The molecule has 0 aromatic rings. The fourth-order valence-corrected chi connectivity index (χ4v) is 3.60. The van der Waals surface area contributed by atoms with Crippen LogP contribution in [0.1, 0.15) is 32.1 Å². The molecular formula is C12H21N3O4S. The van der Waals surface area contributed by atoms with Gasteiger partial charge in [-0.2, -0.15) is 11.8 Å². The van der Waals surface area contributed by atoms with E-state index in [0.29, 0.717) is 12.2 Å². The Bertz CT molecular complexity index is 380. The number of amidine groups is 1. The van der Waals surface area contributed by atoms with Crippen LogP contribution in [0.2, 0.25) is 0 Å². The van der Waals surface area contributed by atoms with Gasteiger partial charge in [-0.15, -0.1) is 0 Å². The lowest BCUT2D eigenvalue weighted by Crippen LogP contribution is -2.44. The monoisotopic (exact) mass is 303 g/mol. The van der Waals surface area contributed by atoms with Crippen molar-refractivity contribution in [2.45, 2.75) is 50.6 Å². The molecule has 0 radical (unpaired) electrons. The fraction of sp³-hybridized carbons (Fsp3) is 0.833. The molecule has 1 fully saturated rings. The maximum absolute atomic E-state index is 10.6. The molecular weight excluding hydrogens is 282 g/mol. The third-order valence-electron chi connectivity index (χ3n) is 3.57. The van der Waals surface area contributed by atoms with Gasteiger partial charge in [0.2, 0.25) is 0 Å². The molecule has 4 N–H and O–H groups in total. The van der Waals surface area contributed by atoms with Crippen molar-refractivity contribution in [2.24, 2.45) is 10.9 Å². The molecule has 3 atom stereocenters. The maximum atomic E-state index is 10.6. The molecule has 0 aromatic heterocycles. The number of aliphatic carboxylic acids is 1. The van der Waals surface area contributed by atoms with Crippen LogP contribution in [-0.4, -0.2) is 56.9 Å². The Morgan fingerprint density at radius 1 is 1.60 bits per heavy atom. The van der Waals surface area contributed by atoms with Crippen LogP contribution in [0.3, 0.4) is 0 Å². The minimum absolute atomic E-state index is 0.180. The zero-order chi connectivity index (χ0) is 14.5. The summed E-state index contributed by atoms with van der Waals surface area (Å²) in [5, 5.41) is 22.5. The van der Waals surface area contributed by atoms with Gasteiger partial charge in [-0.05, 0) is 25.0 Å². The molecule has 2 aliphatic rings. The Balaban J connectivity index is 1.79. The number of oxime groups is 1. The number of aliphatic hydroxyl groups is 1. The van der Waals surface area contributed by atoms with Gasteiger partial charge >= 0.3 is 12.4 Å². The minimum Gasteiger partial charge on any atom is -0.480 e. The highest BCUT2D eigenvalue weighted by molar-refractivity contribution is 7.99. The first-order chi connectivity index (χ1) is 9.59. The second-order valence-electron chi connectivity index (χ2n) is 5.05. The van der Waals surface area contributed by atoms with E-state index in [4.69, 9.17) is 15.7 Å². The second-order valence-corrected chi connectivity index (χ2v) is 6.20. The van der Waals surface area contributed by atoms with Crippen LogP contribution in [0, 0.1) is 0 Å². The Kier molecular flexibility index (Phi) is 5.50. The van der Waals surface area contributed by atoms with Crippen molar-refractivity contribution in [3.8, 4) is 0 Å². The number of carbonyl (C=O) groups is 1. The topological polar surface area (TPSA) is 108 Å². The number of aliphatic hydroxyl groups excluding tert-OH is 1. The molecule has 0 aliphatic carbocycles. The summed E-state index contributed by atoms with van der Waals surface area (Å²) >= 11 is 1.66. The van der Waals surface area contributed by atoms with E-state index in [2.05, 4.69) is 5.16 Å². The molecule has 0 bridgehead atoms. The highest BCUT2D eigenvalue weighted by Crippen LogP contribution is 2.27. The predicted molar refractivity (Wildman–Crippen MR) is 76.2 cm³/mol. The number of hydrogen-bond acceptors (Lipinski definition) is 7. The summed E-state index contributed by atoms with van der Waals surface area (Å²) in [4.78, 5) is 17.4. The number of carboxylic acid groups (broad SMARTS) is 1. The molecule has 7 nitrogen and oxygen atoms in total. The van der Waals surface area contributed by atoms with Crippen molar-refractivity contribution in [2.75, 3.05) is 11.5 Å². The summed E-state index contributed by atoms with van der Waals surface area (Å²) in [6.45, 7) is 0. The van der Waals surface area contributed by atoms with E-state index >= 15 is 0 Å². The van der Waals surface area contributed by atoms with Gasteiger partial charge in [0.05, 0.1) is 0 Å². The van der Waals surface area contributed by atoms with Gasteiger partial charge in [0.1, 0.15) is 11.9 Å². The van der Waals surface area contributed by atoms with Gasteiger partial charge in [-0.25, -0.2) is 0 Å². The molecule has 20 heavy (non-hydrogen) atoms. The summed E-state index contributed by atoms with van der Waals surface area (Å²) < 4.78 is 0. The molecule has 0 aromatic carbocycles. The second kappa shape index (κ2) is 7.14. The Morgan fingerprint density at radius 2 is 2.40 bits per heavy atom. The lowest BCUT2D eigenvalue weighted by atomic mass is 10.1. The summed E-state index contributed by atoms with van der Waals surface area (Å²) in [5.41, 5.74) is 5.47. The van der Waals surface area contributed by atoms with Crippen LogP contribution in [0.25, 0.3) is 0 Å². The number of nitrogens with zero attached hydrogens (tertiary/aromatic N) is 2. The third kappa shape index (κ3) is 3.77. The number of thioether (sulfide) groups is 1. The highest BCUT2D eigenvalue weighted by atomic mass is 32.2. The van der Waals surface area contributed by atoms with Gasteiger partial charge in [0.25, 0.3) is 0 Å². The number of fused-ring (bicyclic) bond motifs is 1. The highest BCUT2D eigenvalue weighted by Gasteiger charge is 2.35. The van der Waals surface area contributed by atoms with Gasteiger partial charge in [-0.3, -0.25) is 9.69 Å². The van der Waals surface area contributed by atoms with E-state index < -0.39 is 18.4 Å². The normalized spacial score (nSPS) is 27.3. The van der Waals surface area contributed by atoms with E-state index in [-0.39, 0.29) is 6.04 Å². The lowest BCUT2D eigenvalue weighted by molar-refractivity contribution is -0.154. The van der Waals surface area contributed by atoms with E-state index in [1.807, 2.05) is 4.90 Å². The molecule has 0 amide bonds. The number of carboxylic acids is 1. The Hall–Kier alpha value is -0.990. The maximum Gasteiger partial charge on any atom is 0.320 e. The minimum atomic E-state index is -0.977. The first-order valence-corrected chi connectivity index (χ1v) is 8.00. The number of hydrogen-bond donors (Lipinski definition) is 3. The molecule has 3 unspecified atom stereocenters. The number of rotatable bonds is 6. The van der Waals surface area contributed by atoms with Gasteiger partial charge < -0.3 is 20.8 Å². The van der Waals surface area contributed by atoms with Crippen LogP contribution in [-0.2, 0) is 9.63 Å². The molecule has 0 spiro atoms. The molecule has 2 rings (SSSR count). The molecule has 8 heteroatoms. The number of nitrogens with two attached hydrogens (primary N) is 1. The third-order valence-corrected chi connectivity index (χ3v) is 4.71. The van der Waals surface area contributed by atoms with Crippen LogP contribution in [0.15, 0.2) is 5.16 Å². The van der Waals surface area contributed by atoms with E-state index in [1.165, 1.54) is 0 Å². The Morgan fingerprint density at radius 3 is 3.15 bits per heavy atom. The van der Waals surface area contributed by atoms with Gasteiger partial charge in [0, 0.05) is 18.2 Å². The van der Waals surface area contributed by atoms with Crippen LogP contribution in [0.5, 0.6) is 0 Å². The van der Waals surface area contributed by atoms with Crippen LogP contribution >= 0.6 is 11.8 Å². The predicted octanol–water partition coefficient (Wildman–Crippen LogP) is 0.386. The lowest BCUT2D eigenvalue weighted by Gasteiger charge is -2.29. The molecule has 2 aliphatic heterocycles. The first kappa shape index (κ1) is 15.4. The standard InChI is InChI=1S/C12H21N3O4S/c13-9(11(16)17)5-6-20-7-8-3-1-2-4-10-14-19-12(18)15(8)10/h8-9,12,18H,1-7,13H2,(H,16,17). The Labute approximate surface area is 122 Å². The van der Waals surface area contributed by atoms with E-state index in [0.717, 1.165) is 37.3 Å². The fourth-order valence-electron chi connectivity index (χ4n) is 2.42. The van der Waals surface area contributed by atoms with Gasteiger partial charge in [-0.1, -0.05) is 11.6 Å². The van der Waals surface area contributed by atoms with Crippen molar-refractivity contribution in [1.82, 2.24) is 4.90 Å². The SMILES string of the molecule is NC(CCSCC1CCCCC2=NOC(O)N21)C(=O)O. The van der Waals surface area contributed by atoms with E-state index in [1.54, 1.807) is 11.8 Å². The van der Waals surface area contributed by atoms with Crippen molar-refractivity contribution >= 4 is 23.6 Å².